The van der Waals surface area contributed by atoms with E-state index in [0.29, 0.717) is 5.92 Å². The molecule has 0 heterocycles. The van der Waals surface area contributed by atoms with Crippen LogP contribution in [0.25, 0.3) is 4.91 Å². The van der Waals surface area contributed by atoms with E-state index in [4.69, 9.17) is 0 Å². The van der Waals surface area contributed by atoms with Crippen molar-refractivity contribution in [3.8, 4) is 0 Å². The molecular formula is C36H55NS. The SMILES string of the molecule is C=C(Cc1cc(C)c(C)cc1C)C(C)/C(C)=C(\SC)c1ccc2c(c1)CCCCC2.C=CN(C)CC.CC. The smallest absolute Gasteiger partial charge is 0.0140 e. The molecule has 1 aliphatic rings. The van der Waals surface area contributed by atoms with Crippen LogP contribution in [0.5, 0.6) is 0 Å². The predicted octanol–water partition coefficient (Wildman–Crippen LogP) is 10.5. The lowest BCUT2D eigenvalue weighted by Gasteiger charge is -2.21. The maximum absolute atomic E-state index is 4.51. The van der Waals surface area contributed by atoms with E-state index in [-0.39, 0.29) is 0 Å². The van der Waals surface area contributed by atoms with Crippen LogP contribution in [0.15, 0.2) is 60.8 Å². The van der Waals surface area contributed by atoms with E-state index in [9.17, 15) is 0 Å². The minimum absolute atomic E-state index is 0.368. The lowest BCUT2D eigenvalue weighted by atomic mass is 9.87. The van der Waals surface area contributed by atoms with E-state index in [1.165, 1.54) is 76.0 Å². The summed E-state index contributed by atoms with van der Waals surface area (Å²) in [5.41, 5.74) is 12.8. The molecule has 1 atom stereocenters. The highest BCUT2D eigenvalue weighted by atomic mass is 32.2. The monoisotopic (exact) mass is 533 g/mol. The summed E-state index contributed by atoms with van der Waals surface area (Å²) in [6.45, 7) is 26.5. The third-order valence-corrected chi connectivity index (χ3v) is 8.83. The van der Waals surface area contributed by atoms with Gasteiger partial charge in [0.2, 0.25) is 0 Å². The average molecular weight is 534 g/mol. The highest BCUT2D eigenvalue weighted by Gasteiger charge is 2.17. The number of fused-ring (bicyclic) bond motifs is 1. The van der Waals surface area contributed by atoms with Gasteiger partial charge in [0.05, 0.1) is 0 Å². The summed E-state index contributed by atoms with van der Waals surface area (Å²) in [7, 11) is 1.99. The van der Waals surface area contributed by atoms with Gasteiger partial charge >= 0.3 is 0 Å². The summed E-state index contributed by atoms with van der Waals surface area (Å²) in [6, 6.07) is 11.9. The fourth-order valence-corrected chi connectivity index (χ4v) is 5.66. The van der Waals surface area contributed by atoms with E-state index >= 15 is 0 Å². The van der Waals surface area contributed by atoms with Gasteiger partial charge in [0.15, 0.2) is 0 Å². The second kappa shape index (κ2) is 17.4. The second-order valence-corrected chi connectivity index (χ2v) is 11.3. The molecule has 0 aromatic heterocycles. The number of hydrogen-bond acceptors (Lipinski definition) is 2. The number of aryl methyl sites for hydroxylation is 5. The highest BCUT2D eigenvalue weighted by molar-refractivity contribution is 8.07. The zero-order valence-corrected chi connectivity index (χ0v) is 27.1. The summed E-state index contributed by atoms with van der Waals surface area (Å²) in [5.74, 6) is 0.368. The number of nitrogens with zero attached hydrogens (tertiary/aromatic N) is 1. The number of allylic oxidation sites excluding steroid dienone is 2. The van der Waals surface area contributed by atoms with Gasteiger partial charge in [-0.3, -0.25) is 0 Å². The summed E-state index contributed by atoms with van der Waals surface area (Å²) in [4.78, 5) is 3.44. The van der Waals surface area contributed by atoms with E-state index in [0.717, 1.165) is 13.0 Å². The zero-order chi connectivity index (χ0) is 28.8. The first-order chi connectivity index (χ1) is 18.1. The van der Waals surface area contributed by atoms with Crippen molar-refractivity contribution in [3.63, 3.8) is 0 Å². The summed E-state index contributed by atoms with van der Waals surface area (Å²) in [5, 5.41) is 0. The number of thioether (sulfide) groups is 1. The van der Waals surface area contributed by atoms with Crippen LogP contribution < -0.4 is 0 Å². The van der Waals surface area contributed by atoms with Crippen molar-refractivity contribution in [2.75, 3.05) is 19.8 Å². The Morgan fingerprint density at radius 2 is 1.58 bits per heavy atom. The quantitative estimate of drug-likeness (QED) is 0.245. The molecule has 0 fully saturated rings. The lowest BCUT2D eigenvalue weighted by molar-refractivity contribution is 0.486. The summed E-state index contributed by atoms with van der Waals surface area (Å²) >= 11 is 1.89. The van der Waals surface area contributed by atoms with Crippen LogP contribution in [0.2, 0.25) is 0 Å². The van der Waals surface area contributed by atoms with Crippen molar-refractivity contribution in [2.45, 2.75) is 93.9 Å². The minimum atomic E-state index is 0.368. The van der Waals surface area contributed by atoms with Crippen molar-refractivity contribution >= 4 is 16.7 Å². The van der Waals surface area contributed by atoms with E-state index in [2.05, 4.69) is 91.3 Å². The molecule has 1 aliphatic carbocycles. The molecule has 0 saturated heterocycles. The van der Waals surface area contributed by atoms with Crippen LogP contribution in [0, 0.1) is 26.7 Å². The fourth-order valence-electron chi connectivity index (χ4n) is 4.80. The van der Waals surface area contributed by atoms with Gasteiger partial charge in [0.1, 0.15) is 0 Å². The Bertz CT molecular complexity index is 1070. The normalized spacial score (nSPS) is 13.8. The second-order valence-electron chi connectivity index (χ2n) is 10.4. The predicted molar refractivity (Wildman–Crippen MR) is 176 cm³/mol. The molecule has 1 nitrogen and oxygen atoms in total. The van der Waals surface area contributed by atoms with Crippen LogP contribution >= 0.6 is 11.8 Å². The standard InChI is InChI=1S/C29H38S.C5H11N.C2H6/c1-19-15-22(4)28(16-20(19)2)17-21(3)23(5)24(6)29(30-7)27-14-13-25-11-9-8-10-12-26(25)18-27;1-4-6(3)5-2;1-2/h13-16,18,23H,3,8-12,17H2,1-2,4-7H3;4H,1,5H2,2-3H3;1-2H3/b29-24-;;. The van der Waals surface area contributed by atoms with Gasteiger partial charge in [-0.25, -0.2) is 0 Å². The molecule has 0 saturated carbocycles. The molecule has 3 rings (SSSR count). The van der Waals surface area contributed by atoms with E-state index < -0.39 is 0 Å². The van der Waals surface area contributed by atoms with Crippen molar-refractivity contribution < 1.29 is 0 Å². The molecular weight excluding hydrogens is 478 g/mol. The average Bonchev–Trinajstić information content (AvgIpc) is 3.17. The first-order valence-electron chi connectivity index (χ1n) is 14.6. The lowest BCUT2D eigenvalue weighted by Crippen LogP contribution is -2.06. The van der Waals surface area contributed by atoms with Crippen LogP contribution in [0.4, 0.5) is 0 Å². The Balaban J connectivity index is 0.000000795. The Hall–Kier alpha value is -2.19. The molecule has 0 radical (unpaired) electrons. The Kier molecular flexibility index (Phi) is 15.5. The molecule has 0 N–H and O–H groups in total. The van der Waals surface area contributed by atoms with Gasteiger partial charge in [0, 0.05) is 18.5 Å². The molecule has 2 aromatic carbocycles. The Morgan fingerprint density at radius 3 is 2.13 bits per heavy atom. The summed E-state index contributed by atoms with van der Waals surface area (Å²) < 4.78 is 0. The molecule has 210 valence electrons. The summed E-state index contributed by atoms with van der Waals surface area (Å²) in [6.07, 6.45) is 11.5. The molecule has 0 amide bonds. The maximum atomic E-state index is 4.51. The first-order valence-corrected chi connectivity index (χ1v) is 15.8. The van der Waals surface area contributed by atoms with Gasteiger partial charge in [0.25, 0.3) is 0 Å². The van der Waals surface area contributed by atoms with Gasteiger partial charge in [-0.15, -0.1) is 11.8 Å². The van der Waals surface area contributed by atoms with E-state index in [1.54, 1.807) is 17.3 Å². The third-order valence-electron chi connectivity index (χ3n) is 7.87. The minimum Gasteiger partial charge on any atom is -0.381 e. The number of benzene rings is 2. The van der Waals surface area contributed by atoms with Gasteiger partial charge in [-0.2, -0.15) is 0 Å². The molecule has 0 spiro atoms. The molecule has 2 aromatic rings. The Labute approximate surface area is 240 Å². The fraction of sp³-hybridized carbons (Fsp3) is 0.500. The van der Waals surface area contributed by atoms with Gasteiger partial charge in [-0.05, 0) is 124 Å². The third kappa shape index (κ3) is 9.84. The van der Waals surface area contributed by atoms with Crippen LogP contribution in [0.1, 0.15) is 92.8 Å². The van der Waals surface area contributed by atoms with Crippen molar-refractivity contribution in [1.29, 1.82) is 0 Å². The topological polar surface area (TPSA) is 3.24 Å². The van der Waals surface area contributed by atoms with Crippen LogP contribution in [-0.2, 0) is 19.3 Å². The molecule has 1 unspecified atom stereocenters. The van der Waals surface area contributed by atoms with Crippen LogP contribution in [-0.4, -0.2) is 24.7 Å². The van der Waals surface area contributed by atoms with Crippen molar-refractivity contribution in [2.24, 2.45) is 5.92 Å². The molecule has 38 heavy (non-hydrogen) atoms. The number of hydrogen-bond donors (Lipinski definition) is 0. The highest BCUT2D eigenvalue weighted by Crippen LogP contribution is 2.37. The van der Waals surface area contributed by atoms with Crippen molar-refractivity contribution in [3.05, 3.63) is 99.8 Å². The van der Waals surface area contributed by atoms with Crippen molar-refractivity contribution in [1.82, 2.24) is 4.90 Å². The Morgan fingerprint density at radius 1 is 0.974 bits per heavy atom. The van der Waals surface area contributed by atoms with E-state index in [1.807, 2.05) is 37.6 Å². The molecule has 0 aliphatic heterocycles. The van der Waals surface area contributed by atoms with Crippen LogP contribution in [0.3, 0.4) is 0 Å². The number of rotatable bonds is 8. The van der Waals surface area contributed by atoms with Gasteiger partial charge in [-0.1, -0.05) is 81.8 Å². The largest absolute Gasteiger partial charge is 0.381 e. The zero-order valence-electron chi connectivity index (χ0n) is 26.3. The van der Waals surface area contributed by atoms with Gasteiger partial charge < -0.3 is 4.90 Å². The first kappa shape index (κ1) is 33.8. The molecule has 2 heteroatoms. The maximum Gasteiger partial charge on any atom is 0.0140 e. The molecule has 0 bridgehead atoms.